The molecule has 0 aliphatic heterocycles. The zero-order chi connectivity index (χ0) is 13.4. The molecule has 0 bridgehead atoms. The van der Waals surface area contributed by atoms with Crippen LogP contribution in [0.3, 0.4) is 0 Å². The molecule has 1 atom stereocenters. The van der Waals surface area contributed by atoms with Crippen LogP contribution in [-0.2, 0) is 0 Å². The van der Waals surface area contributed by atoms with Gasteiger partial charge in [-0.05, 0) is 25.5 Å². The number of oxime groups is 1. The van der Waals surface area contributed by atoms with Gasteiger partial charge < -0.3 is 21.0 Å². The minimum absolute atomic E-state index is 0.137. The zero-order valence-electron chi connectivity index (χ0n) is 10.9. The molecule has 1 unspecified atom stereocenters. The molecule has 0 aliphatic carbocycles. The summed E-state index contributed by atoms with van der Waals surface area (Å²) in [6, 6.07) is 7.90. The Balaban J connectivity index is 2.66. The number of nitrogens with two attached hydrogens (primary N) is 1. The number of ether oxygens (including phenoxy) is 1. The van der Waals surface area contributed by atoms with Gasteiger partial charge in [0, 0.05) is 24.2 Å². The van der Waals surface area contributed by atoms with E-state index in [1.165, 1.54) is 0 Å². The van der Waals surface area contributed by atoms with Crippen LogP contribution in [0.2, 0.25) is 0 Å². The summed E-state index contributed by atoms with van der Waals surface area (Å²) in [6.45, 7) is 4.65. The van der Waals surface area contributed by atoms with Crippen molar-refractivity contribution in [3.8, 4) is 5.75 Å². The number of nitrogens with zero attached hydrogens (tertiary/aromatic N) is 1. The van der Waals surface area contributed by atoms with Crippen molar-refractivity contribution in [1.29, 1.82) is 0 Å². The van der Waals surface area contributed by atoms with Crippen molar-refractivity contribution in [2.45, 2.75) is 32.7 Å². The van der Waals surface area contributed by atoms with Crippen LogP contribution in [0.4, 0.5) is 5.69 Å². The molecule has 0 saturated heterocycles. The second kappa shape index (κ2) is 7.42. The molecule has 4 N–H and O–H groups in total. The number of hydrogen-bond acceptors (Lipinski definition) is 4. The maximum atomic E-state index is 8.57. The van der Waals surface area contributed by atoms with Gasteiger partial charge in [0.2, 0.25) is 0 Å². The SMILES string of the molecule is CCOc1cccc(NC(CC)CC(N)=NO)c1. The normalized spacial score (nSPS) is 13.1. The second-order valence-corrected chi connectivity index (χ2v) is 4.01. The van der Waals surface area contributed by atoms with Crippen LogP contribution in [-0.4, -0.2) is 23.7 Å². The maximum Gasteiger partial charge on any atom is 0.141 e. The number of benzene rings is 1. The first kappa shape index (κ1) is 14.2. The Bertz CT molecular complexity index is 394. The first-order valence-corrected chi connectivity index (χ1v) is 6.15. The zero-order valence-corrected chi connectivity index (χ0v) is 10.9. The van der Waals surface area contributed by atoms with E-state index in [1.807, 2.05) is 31.2 Å². The van der Waals surface area contributed by atoms with Gasteiger partial charge in [-0.25, -0.2) is 0 Å². The number of rotatable bonds is 7. The largest absolute Gasteiger partial charge is 0.494 e. The van der Waals surface area contributed by atoms with E-state index in [9.17, 15) is 0 Å². The lowest BCUT2D eigenvalue weighted by Crippen LogP contribution is -2.26. The highest BCUT2D eigenvalue weighted by Crippen LogP contribution is 2.19. The molecule has 0 heterocycles. The summed E-state index contributed by atoms with van der Waals surface area (Å²) >= 11 is 0. The third kappa shape index (κ3) is 4.53. The van der Waals surface area contributed by atoms with Gasteiger partial charge in [-0.1, -0.05) is 18.1 Å². The molecule has 0 aliphatic rings. The van der Waals surface area contributed by atoms with Gasteiger partial charge >= 0.3 is 0 Å². The minimum atomic E-state index is 0.137. The van der Waals surface area contributed by atoms with Gasteiger partial charge in [0.1, 0.15) is 11.6 Å². The van der Waals surface area contributed by atoms with Crippen molar-refractivity contribution >= 4 is 11.5 Å². The van der Waals surface area contributed by atoms with Crippen molar-refractivity contribution < 1.29 is 9.94 Å². The summed E-state index contributed by atoms with van der Waals surface area (Å²) in [5.41, 5.74) is 6.49. The number of amidine groups is 1. The Hall–Kier alpha value is -1.91. The fourth-order valence-corrected chi connectivity index (χ4v) is 1.67. The van der Waals surface area contributed by atoms with E-state index >= 15 is 0 Å². The summed E-state index contributed by atoms with van der Waals surface area (Å²) in [7, 11) is 0. The van der Waals surface area contributed by atoms with Crippen LogP contribution in [0.15, 0.2) is 29.4 Å². The van der Waals surface area contributed by atoms with Crippen molar-refractivity contribution in [3.63, 3.8) is 0 Å². The molecular formula is C13H21N3O2. The highest BCUT2D eigenvalue weighted by atomic mass is 16.5. The van der Waals surface area contributed by atoms with Gasteiger partial charge in [0.15, 0.2) is 0 Å². The topological polar surface area (TPSA) is 79.9 Å². The van der Waals surface area contributed by atoms with Crippen LogP contribution in [0, 0.1) is 0 Å². The Morgan fingerprint density at radius 1 is 1.50 bits per heavy atom. The standard InChI is InChI=1S/C13H21N3O2/c1-3-10(9-13(14)16-17)15-11-6-5-7-12(8-11)18-4-2/h5-8,10,15,17H,3-4,9H2,1-2H3,(H2,14,16). The molecule has 0 radical (unpaired) electrons. The quantitative estimate of drug-likeness (QED) is 0.301. The van der Waals surface area contributed by atoms with Crippen LogP contribution < -0.4 is 15.8 Å². The van der Waals surface area contributed by atoms with Gasteiger partial charge in [0.05, 0.1) is 6.61 Å². The lowest BCUT2D eigenvalue weighted by atomic mass is 10.1. The molecule has 0 saturated carbocycles. The van der Waals surface area contributed by atoms with Gasteiger partial charge in [-0.3, -0.25) is 0 Å². The van der Waals surface area contributed by atoms with Crippen molar-refractivity contribution in [3.05, 3.63) is 24.3 Å². The first-order valence-electron chi connectivity index (χ1n) is 6.15. The minimum Gasteiger partial charge on any atom is -0.494 e. The van der Waals surface area contributed by atoms with E-state index in [0.717, 1.165) is 17.9 Å². The lowest BCUT2D eigenvalue weighted by Gasteiger charge is -2.18. The third-order valence-electron chi connectivity index (χ3n) is 2.59. The molecular weight excluding hydrogens is 230 g/mol. The number of hydrogen-bond donors (Lipinski definition) is 3. The molecule has 1 aromatic carbocycles. The Kier molecular flexibility index (Phi) is 5.84. The predicted octanol–water partition coefficient (Wildman–Crippen LogP) is 2.41. The summed E-state index contributed by atoms with van der Waals surface area (Å²) in [5, 5.41) is 14.9. The van der Waals surface area contributed by atoms with Crippen molar-refractivity contribution in [1.82, 2.24) is 0 Å². The monoisotopic (exact) mass is 251 g/mol. The molecule has 5 nitrogen and oxygen atoms in total. The maximum absolute atomic E-state index is 8.57. The number of nitrogens with one attached hydrogen (secondary N) is 1. The summed E-state index contributed by atoms with van der Waals surface area (Å²) in [5.74, 6) is 1.07. The lowest BCUT2D eigenvalue weighted by molar-refractivity contribution is 0.316. The molecule has 5 heteroatoms. The molecule has 1 aromatic rings. The summed E-state index contributed by atoms with van der Waals surface area (Å²) in [6.07, 6.45) is 1.39. The molecule has 0 spiro atoms. The fraction of sp³-hybridized carbons (Fsp3) is 0.462. The van der Waals surface area contributed by atoms with E-state index in [4.69, 9.17) is 15.7 Å². The van der Waals surface area contributed by atoms with Crippen molar-refractivity contribution in [2.24, 2.45) is 10.9 Å². The Labute approximate surface area is 108 Å². The Morgan fingerprint density at radius 2 is 2.28 bits per heavy atom. The number of anilines is 1. The van der Waals surface area contributed by atoms with E-state index in [-0.39, 0.29) is 11.9 Å². The summed E-state index contributed by atoms with van der Waals surface area (Å²) < 4.78 is 5.44. The van der Waals surface area contributed by atoms with E-state index in [2.05, 4.69) is 17.4 Å². The molecule has 1 rings (SSSR count). The molecule has 0 amide bonds. The van der Waals surface area contributed by atoms with Crippen LogP contribution in [0.5, 0.6) is 5.75 Å². The molecule has 18 heavy (non-hydrogen) atoms. The summed E-state index contributed by atoms with van der Waals surface area (Å²) in [4.78, 5) is 0. The van der Waals surface area contributed by atoms with E-state index < -0.39 is 0 Å². The Morgan fingerprint density at radius 3 is 2.89 bits per heavy atom. The van der Waals surface area contributed by atoms with Crippen LogP contribution in [0.1, 0.15) is 26.7 Å². The molecule has 0 aromatic heterocycles. The third-order valence-corrected chi connectivity index (χ3v) is 2.59. The highest BCUT2D eigenvalue weighted by molar-refractivity contribution is 5.80. The molecule has 0 fully saturated rings. The average Bonchev–Trinajstić information content (AvgIpc) is 2.38. The first-order chi connectivity index (χ1) is 8.69. The molecule has 100 valence electrons. The van der Waals surface area contributed by atoms with E-state index in [1.54, 1.807) is 0 Å². The predicted molar refractivity (Wildman–Crippen MR) is 73.3 cm³/mol. The second-order valence-electron chi connectivity index (χ2n) is 4.01. The van der Waals surface area contributed by atoms with Gasteiger partial charge in [-0.2, -0.15) is 0 Å². The smallest absolute Gasteiger partial charge is 0.141 e. The van der Waals surface area contributed by atoms with Crippen LogP contribution >= 0.6 is 0 Å². The van der Waals surface area contributed by atoms with Gasteiger partial charge in [0.25, 0.3) is 0 Å². The van der Waals surface area contributed by atoms with E-state index in [0.29, 0.717) is 13.0 Å². The van der Waals surface area contributed by atoms with Gasteiger partial charge in [-0.15, -0.1) is 0 Å². The van der Waals surface area contributed by atoms with Crippen molar-refractivity contribution in [2.75, 3.05) is 11.9 Å². The van der Waals surface area contributed by atoms with Crippen LogP contribution in [0.25, 0.3) is 0 Å². The fourth-order valence-electron chi connectivity index (χ4n) is 1.67. The highest BCUT2D eigenvalue weighted by Gasteiger charge is 2.09. The average molecular weight is 251 g/mol.